The highest BCUT2D eigenvalue weighted by molar-refractivity contribution is 5.91. The number of rotatable bonds is 2. The van der Waals surface area contributed by atoms with E-state index in [2.05, 4.69) is 0 Å². The summed E-state index contributed by atoms with van der Waals surface area (Å²) in [4.78, 5) is 11.1. The third-order valence-electron chi connectivity index (χ3n) is 1.92. The van der Waals surface area contributed by atoms with Gasteiger partial charge in [0.15, 0.2) is 11.5 Å². The zero-order chi connectivity index (χ0) is 10.1. The molecule has 4 nitrogen and oxygen atoms in total. The lowest BCUT2D eigenvalue weighted by Gasteiger charge is -2.07. The molecule has 2 heterocycles. The Balaban J connectivity index is 2.16. The van der Waals surface area contributed by atoms with Crippen molar-refractivity contribution in [2.75, 3.05) is 0 Å². The Morgan fingerprint density at radius 1 is 1.43 bits per heavy atom. The van der Waals surface area contributed by atoms with Crippen LogP contribution in [0.4, 0.5) is 0 Å². The van der Waals surface area contributed by atoms with Crippen LogP contribution in [0.2, 0.25) is 0 Å². The van der Waals surface area contributed by atoms with E-state index in [1.54, 1.807) is 19.1 Å². The topological polar surface area (TPSA) is 48.7 Å². The van der Waals surface area contributed by atoms with Crippen LogP contribution in [-0.4, -0.2) is 5.78 Å². The number of ether oxygens (including phenoxy) is 2. The van der Waals surface area contributed by atoms with Crippen molar-refractivity contribution in [3.63, 3.8) is 0 Å². The first-order valence-corrected chi connectivity index (χ1v) is 4.27. The number of ketones is 1. The Morgan fingerprint density at radius 3 is 2.71 bits per heavy atom. The fourth-order valence-corrected chi connectivity index (χ4v) is 1.30. The maximum Gasteiger partial charge on any atom is 0.300 e. The fraction of sp³-hybridized carbons (Fsp3) is 0.300. The predicted molar refractivity (Wildman–Crippen MR) is 47.0 cm³/mol. The molecule has 0 fully saturated rings. The zero-order valence-electron chi connectivity index (χ0n) is 7.94. The predicted octanol–water partition coefficient (Wildman–Crippen LogP) is 2.15. The van der Waals surface area contributed by atoms with Crippen molar-refractivity contribution < 1.29 is 18.7 Å². The Bertz CT molecular complexity index is 375. The van der Waals surface area contributed by atoms with Gasteiger partial charge in [-0.15, -0.1) is 0 Å². The number of allylic oxidation sites excluding steroid dienone is 2. The van der Waals surface area contributed by atoms with Gasteiger partial charge in [-0.25, -0.2) is 0 Å². The summed E-state index contributed by atoms with van der Waals surface area (Å²) in [6.07, 6.45) is 0.910. The largest absolute Gasteiger partial charge is 0.461 e. The third-order valence-corrected chi connectivity index (χ3v) is 1.92. The van der Waals surface area contributed by atoms with Gasteiger partial charge < -0.3 is 13.9 Å². The van der Waals surface area contributed by atoms with Gasteiger partial charge in [-0.1, -0.05) is 0 Å². The summed E-state index contributed by atoms with van der Waals surface area (Å²) in [6, 6.07) is 3.48. The average Bonchev–Trinajstić information content (AvgIpc) is 2.70. The van der Waals surface area contributed by atoms with Gasteiger partial charge in [0.1, 0.15) is 5.76 Å². The van der Waals surface area contributed by atoms with Crippen LogP contribution < -0.4 is 0 Å². The van der Waals surface area contributed by atoms with Gasteiger partial charge in [0.25, 0.3) is 6.29 Å². The second-order valence-electron chi connectivity index (χ2n) is 3.02. The summed E-state index contributed by atoms with van der Waals surface area (Å²) in [5.41, 5.74) is 0. The van der Waals surface area contributed by atoms with E-state index in [1.807, 2.05) is 0 Å². The number of furan rings is 1. The van der Waals surface area contributed by atoms with E-state index in [-0.39, 0.29) is 11.5 Å². The number of carbonyl (C=O) groups is 1. The van der Waals surface area contributed by atoms with Crippen molar-refractivity contribution in [3.8, 4) is 0 Å². The number of hydrogen-bond acceptors (Lipinski definition) is 4. The van der Waals surface area contributed by atoms with Gasteiger partial charge >= 0.3 is 0 Å². The first kappa shape index (κ1) is 8.87. The molecule has 0 spiro atoms. The van der Waals surface area contributed by atoms with Crippen molar-refractivity contribution >= 4 is 5.78 Å². The summed E-state index contributed by atoms with van der Waals surface area (Å²) in [5, 5.41) is 0. The molecule has 0 amide bonds. The van der Waals surface area contributed by atoms with Crippen molar-refractivity contribution in [1.29, 1.82) is 0 Å². The molecular weight excluding hydrogens is 184 g/mol. The normalized spacial score (nSPS) is 20.6. The molecule has 0 N–H and O–H groups in total. The Hall–Kier alpha value is -1.71. The molecule has 0 saturated carbocycles. The van der Waals surface area contributed by atoms with Crippen LogP contribution in [0.5, 0.6) is 0 Å². The second-order valence-corrected chi connectivity index (χ2v) is 3.02. The zero-order valence-corrected chi connectivity index (χ0v) is 7.94. The van der Waals surface area contributed by atoms with Crippen LogP contribution in [0, 0.1) is 0 Å². The molecule has 4 heteroatoms. The van der Waals surface area contributed by atoms with E-state index < -0.39 is 6.29 Å². The van der Waals surface area contributed by atoms with Crippen LogP contribution in [-0.2, 0) is 14.3 Å². The average molecular weight is 194 g/mol. The first-order chi connectivity index (χ1) is 6.68. The van der Waals surface area contributed by atoms with Crippen molar-refractivity contribution in [1.82, 2.24) is 0 Å². The van der Waals surface area contributed by atoms with Crippen molar-refractivity contribution in [2.45, 2.75) is 20.1 Å². The number of carbonyl (C=O) groups excluding carboxylic acids is 1. The van der Waals surface area contributed by atoms with E-state index in [9.17, 15) is 4.79 Å². The van der Waals surface area contributed by atoms with Crippen molar-refractivity contribution in [3.05, 3.63) is 35.7 Å². The Labute approximate surface area is 81.1 Å². The van der Waals surface area contributed by atoms with Crippen LogP contribution >= 0.6 is 0 Å². The highest BCUT2D eigenvalue weighted by atomic mass is 16.7. The lowest BCUT2D eigenvalue weighted by atomic mass is 10.3. The SMILES string of the molecule is CC(=O)C1=C(C)OC(c2ccco2)O1. The standard InChI is InChI=1S/C10H10O4/c1-6(11)9-7(2)13-10(14-9)8-4-3-5-12-8/h3-5,10H,1-2H3. The molecule has 1 unspecified atom stereocenters. The van der Waals surface area contributed by atoms with Crippen molar-refractivity contribution in [2.24, 2.45) is 0 Å². The minimum atomic E-state index is -0.621. The second kappa shape index (κ2) is 3.21. The van der Waals surface area contributed by atoms with Crippen LogP contribution in [0.15, 0.2) is 34.3 Å². The lowest BCUT2D eigenvalue weighted by molar-refractivity contribution is -0.120. The molecule has 1 aliphatic rings. The van der Waals surface area contributed by atoms with Gasteiger partial charge in [0, 0.05) is 6.92 Å². The maximum atomic E-state index is 11.1. The smallest absolute Gasteiger partial charge is 0.300 e. The molecule has 74 valence electrons. The van der Waals surface area contributed by atoms with Crippen LogP contribution in [0.3, 0.4) is 0 Å². The summed E-state index contributed by atoms with van der Waals surface area (Å²) >= 11 is 0. The van der Waals surface area contributed by atoms with E-state index in [1.165, 1.54) is 13.2 Å². The molecule has 0 aromatic carbocycles. The molecule has 0 radical (unpaired) electrons. The number of hydrogen-bond donors (Lipinski definition) is 0. The Morgan fingerprint density at radius 2 is 2.21 bits per heavy atom. The third kappa shape index (κ3) is 1.39. The minimum Gasteiger partial charge on any atom is -0.461 e. The van der Waals surface area contributed by atoms with Gasteiger partial charge in [0.05, 0.1) is 6.26 Å². The van der Waals surface area contributed by atoms with Gasteiger partial charge in [-0.3, -0.25) is 4.79 Å². The van der Waals surface area contributed by atoms with E-state index in [4.69, 9.17) is 13.9 Å². The van der Waals surface area contributed by atoms with E-state index in [0.717, 1.165) is 0 Å². The fourth-order valence-electron chi connectivity index (χ4n) is 1.30. The molecular formula is C10H10O4. The molecule has 14 heavy (non-hydrogen) atoms. The molecule has 0 saturated heterocycles. The molecule has 1 aromatic heterocycles. The van der Waals surface area contributed by atoms with Gasteiger partial charge in [-0.2, -0.15) is 0 Å². The summed E-state index contributed by atoms with van der Waals surface area (Å²) in [5.74, 6) is 1.18. The molecule has 0 bridgehead atoms. The van der Waals surface area contributed by atoms with Crippen LogP contribution in [0.25, 0.3) is 0 Å². The highest BCUT2D eigenvalue weighted by Crippen LogP contribution is 2.33. The highest BCUT2D eigenvalue weighted by Gasteiger charge is 2.30. The van der Waals surface area contributed by atoms with E-state index in [0.29, 0.717) is 11.5 Å². The van der Waals surface area contributed by atoms with E-state index >= 15 is 0 Å². The first-order valence-electron chi connectivity index (χ1n) is 4.27. The molecule has 1 aromatic rings. The summed E-state index contributed by atoms with van der Waals surface area (Å²) < 4.78 is 15.7. The van der Waals surface area contributed by atoms with Crippen LogP contribution in [0.1, 0.15) is 25.9 Å². The quantitative estimate of drug-likeness (QED) is 0.723. The number of Topliss-reactive ketones (excluding diaryl/α,β-unsaturated/α-hetero) is 1. The Kier molecular flexibility index (Phi) is 2.04. The lowest BCUT2D eigenvalue weighted by Crippen LogP contribution is -2.01. The summed E-state index contributed by atoms with van der Waals surface area (Å²) in [7, 11) is 0. The maximum absolute atomic E-state index is 11.1. The van der Waals surface area contributed by atoms with Gasteiger partial charge in [0.2, 0.25) is 5.76 Å². The molecule has 2 rings (SSSR count). The summed E-state index contributed by atoms with van der Waals surface area (Å²) in [6.45, 7) is 3.13. The molecule has 1 atom stereocenters. The molecule has 1 aliphatic heterocycles. The molecule has 0 aliphatic carbocycles. The van der Waals surface area contributed by atoms with Gasteiger partial charge in [-0.05, 0) is 19.1 Å². The minimum absolute atomic E-state index is 0.142. The monoisotopic (exact) mass is 194 g/mol.